The van der Waals surface area contributed by atoms with Gasteiger partial charge >= 0.3 is 0 Å². The van der Waals surface area contributed by atoms with Crippen molar-refractivity contribution in [3.8, 4) is 11.1 Å². The summed E-state index contributed by atoms with van der Waals surface area (Å²) < 4.78 is 22.0. The molecule has 3 aromatic carbocycles. The van der Waals surface area contributed by atoms with Gasteiger partial charge in [-0.3, -0.25) is 9.59 Å². The van der Waals surface area contributed by atoms with Crippen molar-refractivity contribution in [1.29, 1.82) is 0 Å². The Balaban J connectivity index is 1.08. The van der Waals surface area contributed by atoms with Crippen LogP contribution < -0.4 is 11.1 Å². The molecule has 0 saturated carbocycles. The van der Waals surface area contributed by atoms with Crippen LogP contribution in [0.25, 0.3) is 22.2 Å². The lowest BCUT2D eigenvalue weighted by molar-refractivity contribution is -0.132. The predicted octanol–water partition coefficient (Wildman–Crippen LogP) is 5.04. The third-order valence-corrected chi connectivity index (χ3v) is 8.58. The topological polar surface area (TPSA) is 102 Å². The number of benzene rings is 3. The summed E-state index contributed by atoms with van der Waals surface area (Å²) in [4.78, 5) is 31.7. The maximum absolute atomic E-state index is 14.6. The first-order chi connectivity index (χ1) is 20.9. The molecular formula is C34H38FN5O3. The quantitative estimate of drug-likeness (QED) is 0.255. The number of nitrogens with two attached hydrogens (primary N) is 1. The Hall–Kier alpha value is -4.08. The monoisotopic (exact) mass is 583 g/mol. The summed E-state index contributed by atoms with van der Waals surface area (Å²) >= 11 is 0. The highest BCUT2D eigenvalue weighted by molar-refractivity contribution is 5.99. The van der Waals surface area contributed by atoms with E-state index in [1.165, 1.54) is 6.07 Å². The summed E-state index contributed by atoms with van der Waals surface area (Å²) in [5, 5.41) is 2.87. The first-order valence-electron chi connectivity index (χ1n) is 15.1. The number of carbonyl (C=O) groups is 2. The van der Waals surface area contributed by atoms with Gasteiger partial charge in [-0.25, -0.2) is 9.37 Å². The molecule has 1 aromatic heterocycles. The van der Waals surface area contributed by atoms with E-state index in [2.05, 4.69) is 40.2 Å². The smallest absolute Gasteiger partial charge is 0.228 e. The third-order valence-electron chi connectivity index (χ3n) is 8.58. The molecule has 224 valence electrons. The lowest BCUT2D eigenvalue weighted by Crippen LogP contribution is -2.42. The van der Waals surface area contributed by atoms with E-state index in [-0.39, 0.29) is 36.0 Å². The second-order valence-corrected chi connectivity index (χ2v) is 11.7. The Bertz CT molecular complexity index is 1630. The zero-order valence-electron chi connectivity index (χ0n) is 24.5. The molecule has 3 N–H and O–H groups in total. The van der Waals surface area contributed by atoms with Crippen molar-refractivity contribution in [3.05, 3.63) is 83.4 Å². The van der Waals surface area contributed by atoms with E-state index in [9.17, 15) is 14.0 Å². The second-order valence-electron chi connectivity index (χ2n) is 11.7. The van der Waals surface area contributed by atoms with Crippen molar-refractivity contribution in [3.63, 3.8) is 0 Å². The van der Waals surface area contributed by atoms with E-state index in [0.29, 0.717) is 44.6 Å². The van der Waals surface area contributed by atoms with Gasteiger partial charge in [-0.1, -0.05) is 36.4 Å². The van der Waals surface area contributed by atoms with E-state index < -0.39 is 0 Å². The average molecular weight is 584 g/mol. The van der Waals surface area contributed by atoms with E-state index in [1.807, 2.05) is 23.1 Å². The molecule has 0 spiro atoms. The van der Waals surface area contributed by atoms with Gasteiger partial charge < -0.3 is 25.3 Å². The van der Waals surface area contributed by atoms with Crippen LogP contribution in [0.3, 0.4) is 0 Å². The highest BCUT2D eigenvalue weighted by Crippen LogP contribution is 2.32. The van der Waals surface area contributed by atoms with Crippen molar-refractivity contribution in [2.24, 2.45) is 5.73 Å². The number of aromatic nitrogens is 2. The number of nitrogens with one attached hydrogen (secondary N) is 1. The third kappa shape index (κ3) is 6.33. The minimum atomic E-state index is -0.326. The van der Waals surface area contributed by atoms with Crippen molar-refractivity contribution < 1.29 is 18.7 Å². The van der Waals surface area contributed by atoms with Gasteiger partial charge in [-0.2, -0.15) is 0 Å². The number of hydrogen-bond acceptors (Lipinski definition) is 5. The molecule has 2 aliphatic rings. The number of fused-ring (bicyclic) bond motifs is 2. The molecule has 43 heavy (non-hydrogen) atoms. The molecule has 2 atom stereocenters. The van der Waals surface area contributed by atoms with E-state index in [0.717, 1.165) is 58.5 Å². The zero-order chi connectivity index (χ0) is 29.9. The number of ether oxygens (including phenoxy) is 1. The number of rotatable bonds is 10. The van der Waals surface area contributed by atoms with Crippen LogP contribution in [0.15, 0.2) is 60.7 Å². The van der Waals surface area contributed by atoms with E-state index in [1.54, 1.807) is 13.2 Å². The highest BCUT2D eigenvalue weighted by atomic mass is 19.1. The zero-order valence-corrected chi connectivity index (χ0v) is 24.5. The van der Waals surface area contributed by atoms with Crippen LogP contribution in [-0.4, -0.2) is 59.1 Å². The summed E-state index contributed by atoms with van der Waals surface area (Å²) in [7, 11) is 1.68. The first kappa shape index (κ1) is 29.0. The van der Waals surface area contributed by atoms with Gasteiger partial charge in [0.2, 0.25) is 11.8 Å². The van der Waals surface area contributed by atoms with Gasteiger partial charge in [0.1, 0.15) is 11.3 Å². The Kier molecular flexibility index (Phi) is 8.54. The number of para-hydroxylation sites is 1. The summed E-state index contributed by atoms with van der Waals surface area (Å²) in [5.41, 5.74) is 12.8. The number of amides is 2. The van der Waals surface area contributed by atoms with E-state index >= 15 is 0 Å². The number of methoxy groups -OCH3 is 1. The van der Waals surface area contributed by atoms with Crippen molar-refractivity contribution >= 4 is 28.5 Å². The molecule has 0 radical (unpaired) electrons. The Morgan fingerprint density at radius 2 is 1.98 bits per heavy atom. The van der Waals surface area contributed by atoms with Crippen LogP contribution >= 0.6 is 0 Å². The Labute approximate surface area is 251 Å². The van der Waals surface area contributed by atoms with Gasteiger partial charge in [0.05, 0.1) is 11.9 Å². The van der Waals surface area contributed by atoms with Gasteiger partial charge in [-0.05, 0) is 72.2 Å². The minimum Gasteiger partial charge on any atom is -0.385 e. The maximum atomic E-state index is 14.6. The van der Waals surface area contributed by atoms with Crippen LogP contribution in [-0.2, 0) is 33.7 Å². The molecule has 0 bridgehead atoms. The lowest BCUT2D eigenvalue weighted by atomic mass is 9.95. The number of nitrogens with zero attached hydrogens (tertiary/aromatic N) is 3. The average Bonchev–Trinajstić information content (AvgIpc) is 3.57. The van der Waals surface area contributed by atoms with Crippen LogP contribution in [0, 0.1) is 5.82 Å². The highest BCUT2D eigenvalue weighted by Gasteiger charge is 2.30. The molecule has 4 aromatic rings. The molecule has 9 heteroatoms. The van der Waals surface area contributed by atoms with Crippen molar-refractivity contribution in [1.82, 2.24) is 14.5 Å². The maximum Gasteiger partial charge on any atom is 0.228 e. The van der Waals surface area contributed by atoms with Crippen LogP contribution in [0.2, 0.25) is 0 Å². The molecular weight excluding hydrogens is 545 g/mol. The Morgan fingerprint density at radius 1 is 1.16 bits per heavy atom. The fraction of sp³-hybridized carbons (Fsp3) is 0.382. The standard InChI is InChI=1S/C34H38FN5O3/c1-43-16-4-15-40-30-7-2-6-28(35)33(30)38-34(40)25-5-3-14-39(21-25)32(42)20-27(36)17-22-8-10-23(11-9-22)24-12-13-29-26(18-24)19-31(41)37-29/h2,6-13,18,25,27H,3-5,14-17,19-21,36H2,1H3,(H,37,41)/t25-,27-/m1/s1. The number of aryl methyl sites for hydroxylation is 1. The molecule has 0 aliphatic carbocycles. The predicted molar refractivity (Wildman–Crippen MR) is 165 cm³/mol. The molecule has 1 saturated heterocycles. The molecule has 2 amide bonds. The number of hydrogen-bond donors (Lipinski definition) is 2. The molecule has 2 aliphatic heterocycles. The van der Waals surface area contributed by atoms with Crippen LogP contribution in [0.5, 0.6) is 0 Å². The van der Waals surface area contributed by atoms with Crippen LogP contribution in [0.1, 0.15) is 48.6 Å². The summed E-state index contributed by atoms with van der Waals surface area (Å²) in [5.74, 6) is 0.615. The van der Waals surface area contributed by atoms with Gasteiger partial charge in [0, 0.05) is 57.4 Å². The van der Waals surface area contributed by atoms with Crippen molar-refractivity contribution in [2.75, 3.05) is 32.1 Å². The fourth-order valence-electron chi connectivity index (χ4n) is 6.43. The largest absolute Gasteiger partial charge is 0.385 e. The fourth-order valence-corrected chi connectivity index (χ4v) is 6.43. The summed E-state index contributed by atoms with van der Waals surface area (Å²) in [6, 6.07) is 19.0. The van der Waals surface area contributed by atoms with Crippen LogP contribution in [0.4, 0.5) is 10.1 Å². The normalized spacial score (nSPS) is 17.2. The molecule has 8 nitrogen and oxygen atoms in total. The van der Waals surface area contributed by atoms with Gasteiger partial charge in [0.15, 0.2) is 5.82 Å². The van der Waals surface area contributed by atoms with Gasteiger partial charge in [0.25, 0.3) is 0 Å². The summed E-state index contributed by atoms with van der Waals surface area (Å²) in [6.45, 7) is 2.53. The SMILES string of the molecule is COCCCn1c([C@@H]2CCCN(C(=O)C[C@H](N)Cc3ccc(-c4ccc5c(c4)CC(=O)N5)cc3)C2)nc2c(F)cccc21. The lowest BCUT2D eigenvalue weighted by Gasteiger charge is -2.33. The number of piperidine rings is 1. The second kappa shape index (κ2) is 12.7. The first-order valence-corrected chi connectivity index (χ1v) is 15.1. The number of halogens is 1. The molecule has 3 heterocycles. The molecule has 6 rings (SSSR count). The van der Waals surface area contributed by atoms with E-state index in [4.69, 9.17) is 15.5 Å². The minimum absolute atomic E-state index is 0.0271. The summed E-state index contributed by atoms with van der Waals surface area (Å²) in [6.07, 6.45) is 3.83. The molecule has 0 unspecified atom stereocenters. The number of likely N-dealkylation sites (tertiary alicyclic amines) is 1. The number of carbonyl (C=O) groups excluding carboxylic acids is 2. The Morgan fingerprint density at radius 3 is 2.79 bits per heavy atom. The number of anilines is 1. The molecule has 1 fully saturated rings. The van der Waals surface area contributed by atoms with Crippen molar-refractivity contribution in [2.45, 2.75) is 57.0 Å². The van der Waals surface area contributed by atoms with Gasteiger partial charge in [-0.15, -0.1) is 0 Å². The number of imidazole rings is 1.